The number of allylic oxidation sites excluding steroid dienone is 2. The molecule has 1 unspecified atom stereocenters. The second-order valence-electron chi connectivity index (χ2n) is 9.76. The number of esters is 1. The summed E-state index contributed by atoms with van der Waals surface area (Å²) in [6.07, 6.45) is 33.5. The molecule has 2 heteroatoms. The molecule has 0 aromatic heterocycles. The van der Waals surface area contributed by atoms with Crippen molar-refractivity contribution in [1.29, 1.82) is 0 Å². The average molecular weight is 451 g/mol. The van der Waals surface area contributed by atoms with Crippen LogP contribution in [0.5, 0.6) is 0 Å². The standard InChI is InChI=1S/C30H58O2/c1-4-7-9-11-13-14-15-16-17-18-19-20-22-24-26-28-30(31)32-29(6-3)27-25-23-21-12-10-8-5-2/h16-17,29H,4-15,18-28H2,1-3H3/b17-16-. The molecule has 190 valence electrons. The predicted octanol–water partition coefficient (Wildman–Crippen LogP) is 10.5. The van der Waals surface area contributed by atoms with Crippen LogP contribution in [0.25, 0.3) is 0 Å². The van der Waals surface area contributed by atoms with Gasteiger partial charge in [-0.25, -0.2) is 0 Å². The zero-order valence-corrected chi connectivity index (χ0v) is 22.3. The fourth-order valence-corrected chi connectivity index (χ4v) is 4.26. The SMILES string of the molecule is CCCCCCCC/C=C\CCCCCCCC(=O)OC(CC)CCCCCCCCC. The highest BCUT2D eigenvalue weighted by atomic mass is 16.5. The van der Waals surface area contributed by atoms with Gasteiger partial charge in [-0.05, 0) is 51.4 Å². The van der Waals surface area contributed by atoms with Crippen molar-refractivity contribution < 1.29 is 9.53 Å². The van der Waals surface area contributed by atoms with Crippen LogP contribution >= 0.6 is 0 Å². The molecule has 0 aliphatic rings. The van der Waals surface area contributed by atoms with Crippen LogP contribution in [-0.2, 0) is 9.53 Å². The number of ether oxygens (including phenoxy) is 1. The summed E-state index contributed by atoms with van der Waals surface area (Å²) in [6.45, 7) is 6.68. The third-order valence-corrected chi connectivity index (χ3v) is 6.53. The summed E-state index contributed by atoms with van der Waals surface area (Å²) in [5.74, 6) is 0.0254. The first kappa shape index (κ1) is 31.2. The van der Waals surface area contributed by atoms with E-state index in [0.29, 0.717) is 6.42 Å². The van der Waals surface area contributed by atoms with E-state index in [1.54, 1.807) is 0 Å². The number of hydrogen-bond acceptors (Lipinski definition) is 2. The molecular weight excluding hydrogens is 392 g/mol. The largest absolute Gasteiger partial charge is 0.462 e. The fraction of sp³-hybridized carbons (Fsp3) is 0.900. The predicted molar refractivity (Wildman–Crippen MR) is 142 cm³/mol. The maximum absolute atomic E-state index is 12.1. The highest BCUT2D eigenvalue weighted by molar-refractivity contribution is 5.69. The third-order valence-electron chi connectivity index (χ3n) is 6.53. The molecule has 0 aliphatic carbocycles. The number of rotatable bonds is 25. The maximum Gasteiger partial charge on any atom is 0.306 e. The Morgan fingerprint density at radius 2 is 1.03 bits per heavy atom. The van der Waals surface area contributed by atoms with Gasteiger partial charge in [-0.2, -0.15) is 0 Å². The van der Waals surface area contributed by atoms with Gasteiger partial charge in [-0.15, -0.1) is 0 Å². The second-order valence-corrected chi connectivity index (χ2v) is 9.76. The van der Waals surface area contributed by atoms with E-state index in [9.17, 15) is 4.79 Å². The van der Waals surface area contributed by atoms with Crippen LogP contribution in [0.2, 0.25) is 0 Å². The molecule has 0 saturated carbocycles. The van der Waals surface area contributed by atoms with Gasteiger partial charge in [0.15, 0.2) is 0 Å². The molecule has 0 amide bonds. The van der Waals surface area contributed by atoms with Gasteiger partial charge in [-0.1, -0.05) is 123 Å². The molecule has 0 rings (SSSR count). The Hall–Kier alpha value is -0.790. The fourth-order valence-electron chi connectivity index (χ4n) is 4.26. The summed E-state index contributed by atoms with van der Waals surface area (Å²) in [5.41, 5.74) is 0. The van der Waals surface area contributed by atoms with Gasteiger partial charge in [-0.3, -0.25) is 4.79 Å². The lowest BCUT2D eigenvalue weighted by atomic mass is 10.1. The van der Waals surface area contributed by atoms with Crippen molar-refractivity contribution in [1.82, 2.24) is 0 Å². The van der Waals surface area contributed by atoms with Gasteiger partial charge in [0.25, 0.3) is 0 Å². The van der Waals surface area contributed by atoms with E-state index < -0.39 is 0 Å². The molecule has 0 spiro atoms. The van der Waals surface area contributed by atoms with Gasteiger partial charge in [0, 0.05) is 6.42 Å². The molecule has 2 nitrogen and oxygen atoms in total. The van der Waals surface area contributed by atoms with E-state index >= 15 is 0 Å². The molecule has 0 aromatic rings. The molecule has 0 fully saturated rings. The van der Waals surface area contributed by atoms with Crippen molar-refractivity contribution in [2.24, 2.45) is 0 Å². The minimum atomic E-state index is 0.0254. The smallest absolute Gasteiger partial charge is 0.306 e. The lowest BCUT2D eigenvalue weighted by Gasteiger charge is -2.16. The van der Waals surface area contributed by atoms with E-state index in [1.165, 1.54) is 116 Å². The van der Waals surface area contributed by atoms with Crippen molar-refractivity contribution in [3.63, 3.8) is 0 Å². The molecule has 0 heterocycles. The summed E-state index contributed by atoms with van der Waals surface area (Å²) < 4.78 is 5.72. The zero-order valence-electron chi connectivity index (χ0n) is 22.3. The van der Waals surface area contributed by atoms with Crippen molar-refractivity contribution >= 4 is 5.97 Å². The first-order chi connectivity index (χ1) is 15.7. The van der Waals surface area contributed by atoms with E-state index in [-0.39, 0.29) is 12.1 Å². The number of carbonyl (C=O) groups excluding carboxylic acids is 1. The van der Waals surface area contributed by atoms with Crippen LogP contribution in [0.3, 0.4) is 0 Å². The number of hydrogen-bond donors (Lipinski definition) is 0. The maximum atomic E-state index is 12.1. The van der Waals surface area contributed by atoms with Gasteiger partial charge in [0.05, 0.1) is 0 Å². The minimum absolute atomic E-state index is 0.0254. The van der Waals surface area contributed by atoms with Crippen LogP contribution in [0.1, 0.15) is 168 Å². The number of unbranched alkanes of at least 4 members (excludes halogenated alkanes) is 17. The van der Waals surface area contributed by atoms with Gasteiger partial charge in [0.1, 0.15) is 6.10 Å². The Balaban J connectivity index is 3.45. The normalized spacial score (nSPS) is 12.5. The summed E-state index contributed by atoms with van der Waals surface area (Å²) in [4.78, 5) is 12.1. The van der Waals surface area contributed by atoms with Crippen LogP contribution < -0.4 is 0 Å². The van der Waals surface area contributed by atoms with Crippen LogP contribution in [0.15, 0.2) is 12.2 Å². The van der Waals surface area contributed by atoms with Crippen LogP contribution in [0, 0.1) is 0 Å². The Morgan fingerprint density at radius 1 is 0.594 bits per heavy atom. The van der Waals surface area contributed by atoms with Crippen LogP contribution in [0.4, 0.5) is 0 Å². The second kappa shape index (κ2) is 26.5. The van der Waals surface area contributed by atoms with E-state index in [0.717, 1.165) is 25.7 Å². The topological polar surface area (TPSA) is 26.3 Å². The zero-order chi connectivity index (χ0) is 23.5. The molecule has 32 heavy (non-hydrogen) atoms. The highest BCUT2D eigenvalue weighted by Crippen LogP contribution is 2.15. The minimum Gasteiger partial charge on any atom is -0.462 e. The van der Waals surface area contributed by atoms with E-state index in [4.69, 9.17) is 4.74 Å². The van der Waals surface area contributed by atoms with Gasteiger partial charge in [0.2, 0.25) is 0 Å². The Kier molecular flexibility index (Phi) is 25.8. The monoisotopic (exact) mass is 450 g/mol. The summed E-state index contributed by atoms with van der Waals surface area (Å²) in [5, 5.41) is 0. The van der Waals surface area contributed by atoms with Gasteiger partial charge < -0.3 is 4.74 Å². The molecular formula is C30H58O2. The Morgan fingerprint density at radius 3 is 1.53 bits per heavy atom. The Bertz CT molecular complexity index is 402. The Labute approximate surface area is 202 Å². The quantitative estimate of drug-likeness (QED) is 0.0785. The van der Waals surface area contributed by atoms with E-state index in [1.807, 2.05) is 0 Å². The lowest BCUT2D eigenvalue weighted by molar-refractivity contribution is -0.149. The first-order valence-corrected chi connectivity index (χ1v) is 14.6. The summed E-state index contributed by atoms with van der Waals surface area (Å²) >= 11 is 0. The molecule has 1 atom stereocenters. The lowest BCUT2D eigenvalue weighted by Crippen LogP contribution is -2.17. The molecule has 0 saturated heterocycles. The average Bonchev–Trinajstić information content (AvgIpc) is 2.80. The van der Waals surface area contributed by atoms with Crippen molar-refractivity contribution in [3.05, 3.63) is 12.2 Å². The molecule has 0 radical (unpaired) electrons. The summed E-state index contributed by atoms with van der Waals surface area (Å²) in [6, 6.07) is 0. The molecule has 0 aromatic carbocycles. The molecule has 0 bridgehead atoms. The van der Waals surface area contributed by atoms with Crippen molar-refractivity contribution in [2.45, 2.75) is 175 Å². The molecule has 0 N–H and O–H groups in total. The summed E-state index contributed by atoms with van der Waals surface area (Å²) in [7, 11) is 0. The highest BCUT2D eigenvalue weighted by Gasteiger charge is 2.12. The van der Waals surface area contributed by atoms with Gasteiger partial charge >= 0.3 is 5.97 Å². The van der Waals surface area contributed by atoms with E-state index in [2.05, 4.69) is 32.9 Å². The molecule has 0 aliphatic heterocycles. The van der Waals surface area contributed by atoms with Crippen molar-refractivity contribution in [2.75, 3.05) is 0 Å². The number of carbonyl (C=O) groups is 1. The third kappa shape index (κ3) is 23.9. The first-order valence-electron chi connectivity index (χ1n) is 14.6. The van der Waals surface area contributed by atoms with Crippen LogP contribution in [-0.4, -0.2) is 12.1 Å². The van der Waals surface area contributed by atoms with Crippen molar-refractivity contribution in [3.8, 4) is 0 Å².